The molecule has 0 bridgehead atoms. The van der Waals surface area contributed by atoms with E-state index in [0.717, 1.165) is 29.4 Å². The van der Waals surface area contributed by atoms with E-state index in [2.05, 4.69) is 33.2 Å². The SMILES string of the molecule is CCCNC(CCCS(C)(=O)=O)c1cncc(Br)c1. The van der Waals surface area contributed by atoms with Gasteiger partial charge in [0.2, 0.25) is 0 Å². The van der Waals surface area contributed by atoms with Crippen molar-refractivity contribution in [2.45, 2.75) is 32.2 Å². The summed E-state index contributed by atoms with van der Waals surface area (Å²) in [7, 11) is -2.88. The van der Waals surface area contributed by atoms with Crippen molar-refractivity contribution in [3.63, 3.8) is 0 Å². The van der Waals surface area contributed by atoms with Crippen LogP contribution in [0.1, 0.15) is 37.8 Å². The molecule has 108 valence electrons. The summed E-state index contributed by atoms with van der Waals surface area (Å²) in [6, 6.07) is 2.19. The fourth-order valence-electron chi connectivity index (χ4n) is 1.87. The van der Waals surface area contributed by atoms with Gasteiger partial charge < -0.3 is 5.32 Å². The van der Waals surface area contributed by atoms with Gasteiger partial charge in [0.05, 0.1) is 0 Å². The lowest BCUT2D eigenvalue weighted by Gasteiger charge is -2.18. The largest absolute Gasteiger partial charge is 0.310 e. The first-order valence-electron chi connectivity index (χ1n) is 6.44. The zero-order valence-electron chi connectivity index (χ0n) is 11.4. The van der Waals surface area contributed by atoms with Crippen LogP contribution >= 0.6 is 15.9 Å². The summed E-state index contributed by atoms with van der Waals surface area (Å²) >= 11 is 3.41. The maximum atomic E-state index is 11.2. The minimum atomic E-state index is -2.88. The topological polar surface area (TPSA) is 59.1 Å². The zero-order valence-corrected chi connectivity index (χ0v) is 13.8. The Bertz CT molecular complexity index is 491. The number of nitrogens with zero attached hydrogens (tertiary/aromatic N) is 1. The minimum absolute atomic E-state index is 0.159. The van der Waals surface area contributed by atoms with Gasteiger partial charge >= 0.3 is 0 Å². The molecule has 1 rings (SSSR count). The molecule has 0 aliphatic carbocycles. The van der Waals surface area contributed by atoms with Crippen molar-refractivity contribution in [3.8, 4) is 0 Å². The molecule has 0 saturated carbocycles. The van der Waals surface area contributed by atoms with Crippen molar-refractivity contribution < 1.29 is 8.42 Å². The van der Waals surface area contributed by atoms with Crippen LogP contribution < -0.4 is 5.32 Å². The smallest absolute Gasteiger partial charge is 0.147 e. The Morgan fingerprint density at radius 3 is 2.74 bits per heavy atom. The van der Waals surface area contributed by atoms with Gasteiger partial charge in [0.25, 0.3) is 0 Å². The van der Waals surface area contributed by atoms with Crippen LogP contribution in [-0.2, 0) is 9.84 Å². The van der Waals surface area contributed by atoms with Crippen LogP contribution in [0.15, 0.2) is 22.9 Å². The number of hydrogen-bond donors (Lipinski definition) is 1. The fraction of sp³-hybridized carbons (Fsp3) is 0.615. The first kappa shape index (κ1) is 16.6. The van der Waals surface area contributed by atoms with Gasteiger partial charge in [-0.3, -0.25) is 4.98 Å². The average molecular weight is 349 g/mol. The molecule has 0 fully saturated rings. The molecule has 1 aromatic heterocycles. The molecule has 4 nitrogen and oxygen atoms in total. The number of hydrogen-bond acceptors (Lipinski definition) is 4. The molecule has 1 aromatic rings. The van der Waals surface area contributed by atoms with Gasteiger partial charge in [-0.1, -0.05) is 6.92 Å². The summed E-state index contributed by atoms with van der Waals surface area (Å²) in [4.78, 5) is 4.16. The predicted molar refractivity (Wildman–Crippen MR) is 81.9 cm³/mol. The summed E-state index contributed by atoms with van der Waals surface area (Å²) in [5.74, 6) is 0.235. The number of pyridine rings is 1. The molecular weight excluding hydrogens is 328 g/mol. The van der Waals surface area contributed by atoms with Crippen LogP contribution in [0.3, 0.4) is 0 Å². The van der Waals surface area contributed by atoms with Crippen molar-refractivity contribution in [3.05, 3.63) is 28.5 Å². The third-order valence-corrected chi connectivity index (χ3v) is 4.24. The number of rotatable bonds is 8. The van der Waals surface area contributed by atoms with Crippen LogP contribution in [0.4, 0.5) is 0 Å². The van der Waals surface area contributed by atoms with Gasteiger partial charge in [-0.15, -0.1) is 0 Å². The Morgan fingerprint density at radius 2 is 2.16 bits per heavy atom. The maximum absolute atomic E-state index is 11.2. The van der Waals surface area contributed by atoms with Gasteiger partial charge in [0.1, 0.15) is 9.84 Å². The first-order valence-corrected chi connectivity index (χ1v) is 9.29. The molecular formula is C13H21BrN2O2S. The molecule has 19 heavy (non-hydrogen) atoms. The number of nitrogens with one attached hydrogen (secondary N) is 1. The zero-order chi connectivity index (χ0) is 14.3. The lowest BCUT2D eigenvalue weighted by Crippen LogP contribution is -2.23. The van der Waals surface area contributed by atoms with Crippen molar-refractivity contribution in [1.82, 2.24) is 10.3 Å². The Labute approximate surface area is 124 Å². The van der Waals surface area contributed by atoms with E-state index in [1.54, 1.807) is 6.20 Å². The second kappa shape index (κ2) is 7.97. The molecule has 0 aliphatic heterocycles. The summed E-state index contributed by atoms with van der Waals surface area (Å²) in [6.45, 7) is 3.02. The molecule has 0 spiro atoms. The minimum Gasteiger partial charge on any atom is -0.310 e. The van der Waals surface area contributed by atoms with Gasteiger partial charge in [-0.2, -0.15) is 0 Å². The molecule has 0 saturated heterocycles. The average Bonchev–Trinajstić information content (AvgIpc) is 2.32. The van der Waals surface area contributed by atoms with Crippen molar-refractivity contribution >= 4 is 25.8 Å². The van der Waals surface area contributed by atoms with Crippen molar-refractivity contribution in [1.29, 1.82) is 0 Å². The van der Waals surface area contributed by atoms with Gasteiger partial charge in [-0.25, -0.2) is 8.42 Å². The van der Waals surface area contributed by atoms with Crippen molar-refractivity contribution in [2.24, 2.45) is 0 Å². The highest BCUT2D eigenvalue weighted by molar-refractivity contribution is 9.10. The Balaban J connectivity index is 2.66. The standard InChI is InChI=1S/C13H21BrN2O2S/c1-3-6-16-13(5-4-7-19(2,17)18)11-8-12(14)10-15-9-11/h8-10,13,16H,3-7H2,1-2H3. The lowest BCUT2D eigenvalue weighted by atomic mass is 10.0. The van der Waals surface area contributed by atoms with Gasteiger partial charge in [0.15, 0.2) is 0 Å². The fourth-order valence-corrected chi connectivity index (χ4v) is 2.95. The highest BCUT2D eigenvalue weighted by atomic mass is 79.9. The third kappa shape index (κ3) is 7.03. The van der Waals surface area contributed by atoms with Crippen molar-refractivity contribution in [2.75, 3.05) is 18.6 Å². The Hall–Kier alpha value is -0.460. The van der Waals surface area contributed by atoms with E-state index in [4.69, 9.17) is 0 Å². The molecule has 1 atom stereocenters. The van der Waals surface area contributed by atoms with E-state index < -0.39 is 9.84 Å². The van der Waals surface area contributed by atoms with E-state index >= 15 is 0 Å². The predicted octanol–water partition coefficient (Wildman–Crippen LogP) is 2.71. The molecule has 1 heterocycles. The van der Waals surface area contributed by atoms with Gasteiger partial charge in [0, 0.05) is 34.9 Å². The van der Waals surface area contributed by atoms with E-state index in [9.17, 15) is 8.42 Å². The molecule has 0 aliphatic rings. The number of halogens is 1. The maximum Gasteiger partial charge on any atom is 0.147 e. The molecule has 0 amide bonds. The monoisotopic (exact) mass is 348 g/mol. The number of sulfone groups is 1. The van der Waals surface area contributed by atoms with E-state index in [-0.39, 0.29) is 11.8 Å². The van der Waals surface area contributed by atoms with Crippen LogP contribution in [0.2, 0.25) is 0 Å². The second-order valence-electron chi connectivity index (χ2n) is 4.72. The molecule has 0 radical (unpaired) electrons. The molecule has 1 unspecified atom stereocenters. The van der Waals surface area contributed by atoms with Crippen LogP contribution in [0.25, 0.3) is 0 Å². The summed E-state index contributed by atoms with van der Waals surface area (Å²) in [5, 5.41) is 3.44. The molecule has 6 heteroatoms. The highest BCUT2D eigenvalue weighted by Gasteiger charge is 2.12. The number of aromatic nitrogens is 1. The quantitative estimate of drug-likeness (QED) is 0.784. The van der Waals surface area contributed by atoms with E-state index in [0.29, 0.717) is 6.42 Å². The Morgan fingerprint density at radius 1 is 1.42 bits per heavy atom. The summed E-state index contributed by atoms with van der Waals surface area (Å²) < 4.78 is 23.3. The normalized spacial score (nSPS) is 13.4. The Kier molecular flexibility index (Phi) is 6.96. The van der Waals surface area contributed by atoms with Crippen LogP contribution in [-0.4, -0.2) is 32.0 Å². The third-order valence-electron chi connectivity index (χ3n) is 2.78. The highest BCUT2D eigenvalue weighted by Crippen LogP contribution is 2.21. The second-order valence-corrected chi connectivity index (χ2v) is 7.89. The van der Waals surface area contributed by atoms with Crippen LogP contribution in [0.5, 0.6) is 0 Å². The van der Waals surface area contributed by atoms with Crippen LogP contribution in [0, 0.1) is 0 Å². The molecule has 0 aromatic carbocycles. The summed E-state index contributed by atoms with van der Waals surface area (Å²) in [6.07, 6.45) is 7.36. The first-order chi connectivity index (χ1) is 8.92. The van der Waals surface area contributed by atoms with E-state index in [1.165, 1.54) is 6.26 Å². The summed E-state index contributed by atoms with van der Waals surface area (Å²) in [5.41, 5.74) is 1.09. The van der Waals surface area contributed by atoms with Gasteiger partial charge in [-0.05, 0) is 53.4 Å². The lowest BCUT2D eigenvalue weighted by molar-refractivity contribution is 0.491. The van der Waals surface area contributed by atoms with E-state index in [1.807, 2.05) is 12.3 Å². The molecule has 1 N–H and O–H groups in total.